The number of phenolic OH excluding ortho intramolecular Hbond substituents is 1. The summed E-state index contributed by atoms with van der Waals surface area (Å²) >= 11 is 1.66. The Morgan fingerprint density at radius 3 is 2.66 bits per heavy atom. The first-order valence-corrected chi connectivity index (χ1v) is 15.8. The molecule has 0 aromatic heterocycles. The lowest BCUT2D eigenvalue weighted by molar-refractivity contribution is -0.189. The van der Waals surface area contributed by atoms with Gasteiger partial charge in [-0.1, -0.05) is 60.7 Å². The lowest BCUT2D eigenvalue weighted by Gasteiger charge is -2.55. The molecule has 4 atom stereocenters. The predicted octanol–water partition coefficient (Wildman–Crippen LogP) is 1.97. The van der Waals surface area contributed by atoms with Gasteiger partial charge in [-0.25, -0.2) is 14.8 Å². The third-order valence-corrected chi connectivity index (χ3v) is 9.40. The van der Waals surface area contributed by atoms with E-state index in [0.29, 0.717) is 26.2 Å². The molecule has 4 unspecified atom stereocenters. The van der Waals surface area contributed by atoms with E-state index in [9.17, 15) is 19.5 Å². The van der Waals surface area contributed by atoms with Crippen molar-refractivity contribution >= 4 is 35.2 Å². The first kappa shape index (κ1) is 29.9. The number of phenols is 1. The number of aliphatic imine (C=N–C) groups is 1. The molecule has 2 aromatic rings. The highest BCUT2D eigenvalue weighted by Crippen LogP contribution is 2.34. The zero-order valence-corrected chi connectivity index (χ0v) is 25.4. The number of urea groups is 1. The average Bonchev–Trinajstić information content (AvgIpc) is 3.52. The SMILES string of the molecule is CNCCN1CC(=O)N2C(Cc3ccc(O)cc3)C(=O)N(CC3=CC=CC4SC=NC34)CC2N1C(=O)NCc1ccccc1. The van der Waals surface area contributed by atoms with Crippen molar-refractivity contribution in [3.8, 4) is 5.75 Å². The lowest BCUT2D eigenvalue weighted by atomic mass is 9.95. The molecule has 0 spiro atoms. The Balaban J connectivity index is 1.33. The van der Waals surface area contributed by atoms with Crippen LogP contribution in [0.5, 0.6) is 5.75 Å². The molecule has 2 aromatic carbocycles. The Labute approximate surface area is 261 Å². The van der Waals surface area contributed by atoms with Crippen LogP contribution >= 0.6 is 11.8 Å². The van der Waals surface area contributed by atoms with Gasteiger partial charge < -0.3 is 25.5 Å². The maximum Gasteiger partial charge on any atom is 0.334 e. The third kappa shape index (κ3) is 6.23. The second kappa shape index (κ2) is 13.2. The van der Waals surface area contributed by atoms with Gasteiger partial charge in [0, 0.05) is 32.6 Å². The molecule has 0 bridgehead atoms. The molecule has 6 rings (SSSR count). The number of allylic oxidation sites excluding steroid dienone is 2. The number of carbonyl (C=O) groups is 3. The minimum absolute atomic E-state index is 0.0259. The number of rotatable bonds is 9. The number of benzene rings is 2. The van der Waals surface area contributed by atoms with E-state index in [4.69, 9.17) is 0 Å². The van der Waals surface area contributed by atoms with E-state index < -0.39 is 12.2 Å². The van der Waals surface area contributed by atoms with Crippen LogP contribution < -0.4 is 10.6 Å². The van der Waals surface area contributed by atoms with Crippen LogP contribution in [-0.4, -0.2) is 112 Å². The lowest BCUT2D eigenvalue weighted by Crippen LogP contribution is -2.77. The Kier molecular flexibility index (Phi) is 9.01. The van der Waals surface area contributed by atoms with Crippen molar-refractivity contribution in [1.29, 1.82) is 0 Å². The topological polar surface area (TPSA) is 121 Å². The highest BCUT2D eigenvalue weighted by Gasteiger charge is 2.51. The molecule has 3 aliphatic heterocycles. The molecule has 3 heterocycles. The van der Waals surface area contributed by atoms with Crippen LogP contribution in [0.1, 0.15) is 11.1 Å². The number of hydrogen-bond acceptors (Lipinski definition) is 8. The van der Waals surface area contributed by atoms with E-state index >= 15 is 0 Å². The van der Waals surface area contributed by atoms with Gasteiger partial charge in [-0.2, -0.15) is 0 Å². The molecule has 4 amide bonds. The van der Waals surface area contributed by atoms with Crippen molar-refractivity contribution in [1.82, 2.24) is 30.5 Å². The molecular formula is C32H37N7O4S. The molecule has 1 aliphatic carbocycles. The minimum Gasteiger partial charge on any atom is -0.508 e. The van der Waals surface area contributed by atoms with Crippen LogP contribution in [0, 0.1) is 0 Å². The van der Waals surface area contributed by atoms with Crippen LogP contribution in [0.3, 0.4) is 0 Å². The van der Waals surface area contributed by atoms with Crippen molar-refractivity contribution in [2.75, 3.05) is 39.8 Å². The number of hydrogen-bond donors (Lipinski definition) is 3. The summed E-state index contributed by atoms with van der Waals surface area (Å²) in [5.41, 5.74) is 4.66. The van der Waals surface area contributed by atoms with Crippen molar-refractivity contribution in [2.24, 2.45) is 4.99 Å². The standard InChI is InChI=1S/C32H37N7O4S/c1-33-14-15-37-20-29(41)38-26(16-22-10-12-25(40)13-11-22)31(42)36(18-24-8-5-9-27-30(24)35-21-44-27)19-28(38)39(37)32(43)34-17-23-6-3-2-4-7-23/h2-13,21,26-28,30,33,40H,14-20H2,1H3,(H,34,43). The zero-order chi connectivity index (χ0) is 30.6. The van der Waals surface area contributed by atoms with E-state index in [2.05, 4.69) is 21.7 Å². The van der Waals surface area contributed by atoms with Gasteiger partial charge in [0.1, 0.15) is 18.0 Å². The van der Waals surface area contributed by atoms with Gasteiger partial charge >= 0.3 is 6.03 Å². The monoisotopic (exact) mass is 615 g/mol. The van der Waals surface area contributed by atoms with Crippen molar-refractivity contribution in [3.05, 3.63) is 89.5 Å². The second-order valence-electron chi connectivity index (χ2n) is 11.3. The van der Waals surface area contributed by atoms with E-state index in [1.165, 1.54) is 0 Å². The number of thioether (sulfide) groups is 1. The molecule has 0 radical (unpaired) electrons. The molecule has 0 saturated carbocycles. The number of hydrazine groups is 1. The summed E-state index contributed by atoms with van der Waals surface area (Å²) in [6.45, 7) is 1.83. The van der Waals surface area contributed by atoms with Crippen LogP contribution in [-0.2, 0) is 22.6 Å². The van der Waals surface area contributed by atoms with E-state index in [0.717, 1.165) is 16.7 Å². The number of nitrogens with one attached hydrogen (secondary N) is 2. The highest BCUT2D eigenvalue weighted by molar-refractivity contribution is 8.13. The minimum atomic E-state index is -0.821. The number of aromatic hydroxyl groups is 1. The molecule has 12 heteroatoms. The molecule has 2 saturated heterocycles. The summed E-state index contributed by atoms with van der Waals surface area (Å²) in [6, 6.07) is 15.2. The van der Waals surface area contributed by atoms with Gasteiger partial charge in [-0.3, -0.25) is 14.6 Å². The molecule has 2 fully saturated rings. The number of amides is 4. The maximum absolute atomic E-state index is 14.3. The summed E-state index contributed by atoms with van der Waals surface area (Å²) in [5.74, 6) is -0.246. The van der Waals surface area contributed by atoms with Crippen molar-refractivity contribution in [2.45, 2.75) is 36.5 Å². The number of piperazine rings is 1. The fraction of sp³-hybridized carbons (Fsp3) is 0.375. The Bertz CT molecular complexity index is 1460. The normalized spacial score (nSPS) is 24.8. The summed E-state index contributed by atoms with van der Waals surface area (Å²) < 4.78 is 0. The Morgan fingerprint density at radius 1 is 1.09 bits per heavy atom. The Morgan fingerprint density at radius 2 is 1.89 bits per heavy atom. The van der Waals surface area contributed by atoms with Gasteiger partial charge in [0.25, 0.3) is 0 Å². The summed E-state index contributed by atoms with van der Waals surface area (Å²) in [6.07, 6.45) is 5.71. The zero-order valence-electron chi connectivity index (χ0n) is 24.6. The molecular weight excluding hydrogens is 578 g/mol. The quantitative estimate of drug-likeness (QED) is 0.395. The highest BCUT2D eigenvalue weighted by atomic mass is 32.2. The fourth-order valence-electron chi connectivity index (χ4n) is 6.22. The van der Waals surface area contributed by atoms with Crippen LogP contribution in [0.25, 0.3) is 0 Å². The van der Waals surface area contributed by atoms with Crippen LogP contribution in [0.4, 0.5) is 4.79 Å². The van der Waals surface area contributed by atoms with Crippen LogP contribution in [0.2, 0.25) is 0 Å². The Hall–Kier alpha value is -4.13. The molecule has 3 N–H and O–H groups in total. The second-order valence-corrected chi connectivity index (χ2v) is 12.3. The summed E-state index contributed by atoms with van der Waals surface area (Å²) in [5, 5.41) is 19.6. The maximum atomic E-state index is 14.3. The first-order chi connectivity index (χ1) is 21.4. The average molecular weight is 616 g/mol. The van der Waals surface area contributed by atoms with E-state index in [1.54, 1.807) is 55.8 Å². The van der Waals surface area contributed by atoms with Gasteiger partial charge in [-0.15, -0.1) is 11.8 Å². The molecule has 4 aliphatic rings. The summed E-state index contributed by atoms with van der Waals surface area (Å²) in [4.78, 5) is 50.1. The van der Waals surface area contributed by atoms with E-state index in [-0.39, 0.29) is 54.4 Å². The van der Waals surface area contributed by atoms with Gasteiger partial charge in [0.05, 0.1) is 29.9 Å². The number of nitrogens with zero attached hydrogens (tertiary/aromatic N) is 5. The number of carbonyl (C=O) groups excluding carboxylic acids is 3. The first-order valence-electron chi connectivity index (χ1n) is 14.9. The van der Waals surface area contributed by atoms with Crippen LogP contribution in [0.15, 0.2) is 83.4 Å². The largest absolute Gasteiger partial charge is 0.508 e. The van der Waals surface area contributed by atoms with Gasteiger partial charge in [0.15, 0.2) is 0 Å². The van der Waals surface area contributed by atoms with Gasteiger partial charge in [0.2, 0.25) is 11.8 Å². The third-order valence-electron chi connectivity index (χ3n) is 8.43. The van der Waals surface area contributed by atoms with Crippen molar-refractivity contribution in [3.63, 3.8) is 0 Å². The number of fused-ring (bicyclic) bond motifs is 2. The smallest absolute Gasteiger partial charge is 0.334 e. The predicted molar refractivity (Wildman–Crippen MR) is 170 cm³/mol. The molecule has 44 heavy (non-hydrogen) atoms. The molecule has 230 valence electrons. The number of likely N-dealkylation sites (N-methyl/N-ethyl adjacent to an activating group) is 1. The molecule has 11 nitrogen and oxygen atoms in total. The fourth-order valence-corrected chi connectivity index (χ4v) is 7.14. The van der Waals surface area contributed by atoms with Gasteiger partial charge in [-0.05, 0) is 35.9 Å². The summed E-state index contributed by atoms with van der Waals surface area (Å²) in [7, 11) is 1.83. The van der Waals surface area contributed by atoms with E-state index in [1.807, 2.05) is 55.1 Å². The van der Waals surface area contributed by atoms with Crippen molar-refractivity contribution < 1.29 is 19.5 Å².